The van der Waals surface area contributed by atoms with Crippen molar-refractivity contribution in [3.05, 3.63) is 258 Å². The molecule has 0 atom stereocenters. The van der Waals surface area contributed by atoms with Gasteiger partial charge in [0, 0.05) is 55.3 Å². The van der Waals surface area contributed by atoms with Gasteiger partial charge < -0.3 is 4.57 Å². The number of hydrogen-bond acceptors (Lipinski definition) is 6. The van der Waals surface area contributed by atoms with Crippen LogP contribution in [0.2, 0.25) is 0 Å². The summed E-state index contributed by atoms with van der Waals surface area (Å²) >= 11 is 0. The molecule has 0 saturated carbocycles. The number of halogens is 3. The fourth-order valence-electron chi connectivity index (χ4n) is 10.0. The van der Waals surface area contributed by atoms with Gasteiger partial charge in [-0.1, -0.05) is 152 Å². The second-order valence-corrected chi connectivity index (χ2v) is 18.5. The Morgan fingerprint density at radius 2 is 0.911 bits per heavy atom. The Morgan fingerprint density at radius 3 is 1.43 bits per heavy atom. The molecule has 0 radical (unpaired) electrons. The summed E-state index contributed by atoms with van der Waals surface area (Å²) in [6.45, 7) is 15.8. The standard InChI is InChI=1S/C67H36F3N9/c1-73-50-26-28-51(48(32-50)40-72)46-24-29-62-53(33-46)54-34-47(52-27-23-41(39-71)31-60(52)74-2)25-30-63(54)79(62)64-55(61-38-59(44-19-11-5-12-20-44)75-65(78-61)45-21-13-6-14-22-45)35-49(67(68,69)70)36-56(64)66-76-57(42-15-7-3-8-16-42)37-58(77-66)43-17-9-4-10-18-43/h3-38H. The molecule has 79 heavy (non-hydrogen) atoms. The third-order valence-electron chi connectivity index (χ3n) is 13.8. The second kappa shape index (κ2) is 20.1. The zero-order chi connectivity index (χ0) is 54.2. The highest BCUT2D eigenvalue weighted by atomic mass is 19.4. The predicted octanol–water partition coefficient (Wildman–Crippen LogP) is 17.6. The monoisotopic (exact) mass is 1020 g/mol. The maximum Gasteiger partial charge on any atom is 0.416 e. The van der Waals surface area contributed by atoms with E-state index in [4.69, 9.17) is 33.1 Å². The number of benzene rings is 9. The third kappa shape index (κ3) is 9.15. The Hall–Kier alpha value is -11.3. The molecule has 0 bridgehead atoms. The molecule has 12 heteroatoms. The smallest absolute Gasteiger partial charge is 0.308 e. The van der Waals surface area contributed by atoms with E-state index in [-0.39, 0.29) is 45.4 Å². The molecule has 0 N–H and O–H groups in total. The molecule has 12 aromatic rings. The number of fused-ring (bicyclic) bond motifs is 3. The molecule has 370 valence electrons. The van der Waals surface area contributed by atoms with Crippen LogP contribution in [0.15, 0.2) is 218 Å². The average Bonchev–Trinajstić information content (AvgIpc) is 4.09. The van der Waals surface area contributed by atoms with Gasteiger partial charge >= 0.3 is 6.18 Å². The van der Waals surface area contributed by atoms with Crippen LogP contribution in [-0.4, -0.2) is 24.5 Å². The Labute approximate surface area is 451 Å². The number of alkyl halides is 3. The van der Waals surface area contributed by atoms with Crippen LogP contribution in [0, 0.1) is 35.8 Å². The first-order valence-corrected chi connectivity index (χ1v) is 24.8. The molecular weight excluding hydrogens is 988 g/mol. The highest BCUT2D eigenvalue weighted by Crippen LogP contribution is 2.47. The summed E-state index contributed by atoms with van der Waals surface area (Å²) in [5.74, 6) is 0.284. The highest BCUT2D eigenvalue weighted by molar-refractivity contribution is 6.13. The van der Waals surface area contributed by atoms with Crippen molar-refractivity contribution in [1.29, 1.82) is 10.5 Å². The summed E-state index contributed by atoms with van der Waals surface area (Å²) in [6, 6.07) is 68.7. The number of aromatic nitrogens is 5. The first kappa shape index (κ1) is 48.6. The van der Waals surface area contributed by atoms with Gasteiger partial charge in [-0.2, -0.15) is 23.7 Å². The van der Waals surface area contributed by atoms with Gasteiger partial charge in [-0.05, 0) is 89.0 Å². The van der Waals surface area contributed by atoms with E-state index in [2.05, 4.69) is 21.8 Å². The molecule has 0 aliphatic heterocycles. The van der Waals surface area contributed by atoms with E-state index in [1.165, 1.54) is 12.1 Å². The van der Waals surface area contributed by atoms with Crippen LogP contribution in [0.25, 0.3) is 127 Å². The molecule has 0 unspecified atom stereocenters. The van der Waals surface area contributed by atoms with Gasteiger partial charge in [0.05, 0.1) is 70.3 Å². The molecule has 9 nitrogen and oxygen atoms in total. The van der Waals surface area contributed by atoms with Gasteiger partial charge in [0.25, 0.3) is 0 Å². The lowest BCUT2D eigenvalue weighted by Crippen LogP contribution is -2.11. The maximum absolute atomic E-state index is 16.0. The molecule has 0 saturated heterocycles. The molecule has 0 amide bonds. The van der Waals surface area contributed by atoms with Crippen molar-refractivity contribution >= 4 is 33.2 Å². The fourth-order valence-corrected chi connectivity index (χ4v) is 10.0. The van der Waals surface area contributed by atoms with Gasteiger partial charge in [0.15, 0.2) is 23.0 Å². The van der Waals surface area contributed by atoms with Gasteiger partial charge in [-0.15, -0.1) is 0 Å². The van der Waals surface area contributed by atoms with Gasteiger partial charge in [0.2, 0.25) is 0 Å². The lowest BCUT2D eigenvalue weighted by Gasteiger charge is -2.22. The summed E-state index contributed by atoms with van der Waals surface area (Å²) in [6.07, 6.45) is -4.88. The Morgan fingerprint density at radius 1 is 0.418 bits per heavy atom. The normalized spacial score (nSPS) is 11.2. The molecule has 0 aliphatic carbocycles. The summed E-state index contributed by atoms with van der Waals surface area (Å²) in [7, 11) is 0. The van der Waals surface area contributed by atoms with Crippen molar-refractivity contribution in [2.45, 2.75) is 6.18 Å². The molecule has 3 aromatic heterocycles. The molecule has 0 spiro atoms. The van der Waals surface area contributed by atoms with Crippen molar-refractivity contribution in [3.63, 3.8) is 0 Å². The Bertz CT molecular complexity index is 4170. The quantitative estimate of drug-likeness (QED) is 0.133. The van der Waals surface area contributed by atoms with Gasteiger partial charge in [0.1, 0.15) is 0 Å². The van der Waals surface area contributed by atoms with E-state index in [0.717, 1.165) is 12.1 Å². The molecular formula is C67H36F3N9. The van der Waals surface area contributed by atoms with Crippen molar-refractivity contribution in [1.82, 2.24) is 24.5 Å². The number of nitrogens with zero attached hydrogens (tertiary/aromatic N) is 9. The van der Waals surface area contributed by atoms with Crippen molar-refractivity contribution < 1.29 is 13.2 Å². The van der Waals surface area contributed by atoms with Crippen LogP contribution in [0.5, 0.6) is 0 Å². The van der Waals surface area contributed by atoms with Crippen LogP contribution >= 0.6 is 0 Å². The summed E-state index contributed by atoms with van der Waals surface area (Å²) in [5.41, 5.74) is 8.48. The van der Waals surface area contributed by atoms with Crippen LogP contribution in [0.4, 0.5) is 24.5 Å². The largest absolute Gasteiger partial charge is 0.416 e. The Balaban J connectivity index is 1.26. The molecule has 9 aromatic carbocycles. The van der Waals surface area contributed by atoms with Crippen molar-refractivity contribution in [2.24, 2.45) is 0 Å². The zero-order valence-corrected chi connectivity index (χ0v) is 41.4. The van der Waals surface area contributed by atoms with E-state index in [1.807, 2.05) is 168 Å². The van der Waals surface area contributed by atoms with Crippen LogP contribution < -0.4 is 0 Å². The molecule has 0 aliphatic rings. The SMILES string of the molecule is [C-]#[N+]c1ccc(-c2ccc3c(c2)c2cc(-c4ccc(C#N)cc4[N+]#[C-])ccc2n3-c2c(-c3cc(-c4ccccc4)nc(-c4ccccc4)n3)cc(C(F)(F)F)cc2-c2nc(-c3ccccc3)cc(-c3ccccc3)n2)c(C#N)c1. The van der Waals surface area contributed by atoms with Crippen LogP contribution in [0.1, 0.15) is 16.7 Å². The summed E-state index contributed by atoms with van der Waals surface area (Å²) < 4.78 is 49.9. The molecule has 3 heterocycles. The predicted molar refractivity (Wildman–Crippen MR) is 302 cm³/mol. The third-order valence-corrected chi connectivity index (χ3v) is 13.8. The van der Waals surface area contributed by atoms with Gasteiger partial charge in [-0.25, -0.2) is 29.6 Å². The van der Waals surface area contributed by atoms with Crippen molar-refractivity contribution in [3.8, 4) is 108 Å². The highest BCUT2D eigenvalue weighted by Gasteiger charge is 2.35. The molecule has 12 rings (SSSR count). The minimum absolute atomic E-state index is 0.00394. The van der Waals surface area contributed by atoms with E-state index in [9.17, 15) is 10.5 Å². The first-order valence-electron chi connectivity index (χ1n) is 24.8. The van der Waals surface area contributed by atoms with E-state index < -0.39 is 11.7 Å². The number of hydrogen-bond donors (Lipinski definition) is 0. The van der Waals surface area contributed by atoms with E-state index in [1.54, 1.807) is 30.3 Å². The Kier molecular flexibility index (Phi) is 12.4. The lowest BCUT2D eigenvalue weighted by molar-refractivity contribution is -0.137. The lowest BCUT2D eigenvalue weighted by atomic mass is 9.96. The zero-order valence-electron chi connectivity index (χ0n) is 41.4. The minimum Gasteiger partial charge on any atom is -0.308 e. The van der Waals surface area contributed by atoms with E-state index >= 15 is 13.2 Å². The summed E-state index contributed by atoms with van der Waals surface area (Å²) in [4.78, 5) is 27.9. The first-order chi connectivity index (χ1) is 38.6. The van der Waals surface area contributed by atoms with E-state index in [0.29, 0.717) is 94.6 Å². The average molecular weight is 1020 g/mol. The van der Waals surface area contributed by atoms with Crippen molar-refractivity contribution in [2.75, 3.05) is 0 Å². The maximum atomic E-state index is 16.0. The number of nitriles is 2. The summed E-state index contributed by atoms with van der Waals surface area (Å²) in [5, 5.41) is 21.5. The van der Waals surface area contributed by atoms with Gasteiger partial charge in [-0.3, -0.25) is 0 Å². The van der Waals surface area contributed by atoms with Crippen LogP contribution in [0.3, 0.4) is 0 Å². The second-order valence-electron chi connectivity index (χ2n) is 18.5. The van der Waals surface area contributed by atoms with Crippen LogP contribution in [-0.2, 0) is 6.18 Å². The topological polar surface area (TPSA) is 113 Å². The fraction of sp³-hybridized carbons (Fsp3) is 0.0149. The number of rotatable bonds is 9. The minimum atomic E-state index is -4.88. The molecule has 0 fully saturated rings.